The summed E-state index contributed by atoms with van der Waals surface area (Å²) in [6, 6.07) is 11.6. The summed E-state index contributed by atoms with van der Waals surface area (Å²) in [7, 11) is 0. The van der Waals surface area contributed by atoms with Gasteiger partial charge >= 0.3 is 0 Å². The highest BCUT2D eigenvalue weighted by Crippen LogP contribution is 2.26. The summed E-state index contributed by atoms with van der Waals surface area (Å²) in [6.07, 6.45) is 3.34. The van der Waals surface area contributed by atoms with Crippen LogP contribution in [0.4, 0.5) is 0 Å². The van der Waals surface area contributed by atoms with Gasteiger partial charge in [0, 0.05) is 28.7 Å². The molecule has 0 aliphatic carbocycles. The van der Waals surface area contributed by atoms with E-state index >= 15 is 0 Å². The highest BCUT2D eigenvalue weighted by Gasteiger charge is 2.06. The molecule has 0 unspecified atom stereocenters. The van der Waals surface area contributed by atoms with E-state index in [0.29, 0.717) is 18.2 Å². The molecule has 20 heavy (non-hydrogen) atoms. The average Bonchev–Trinajstić information content (AvgIpc) is 2.46. The van der Waals surface area contributed by atoms with Gasteiger partial charge in [0.2, 0.25) is 5.88 Å². The van der Waals surface area contributed by atoms with E-state index in [4.69, 9.17) is 10.5 Å². The minimum Gasteiger partial charge on any atom is -0.437 e. The Bertz CT molecular complexity index is 761. The van der Waals surface area contributed by atoms with Crippen LogP contribution in [0.3, 0.4) is 0 Å². The first kappa shape index (κ1) is 13.0. The van der Waals surface area contributed by atoms with Crippen molar-refractivity contribution in [3.63, 3.8) is 0 Å². The fourth-order valence-corrected chi connectivity index (χ4v) is 2.35. The molecule has 2 heterocycles. The van der Waals surface area contributed by atoms with Gasteiger partial charge in [0.25, 0.3) is 0 Å². The van der Waals surface area contributed by atoms with Crippen LogP contribution in [0.1, 0.15) is 5.56 Å². The number of hydrogen-bond donors (Lipinski definition) is 1. The van der Waals surface area contributed by atoms with Gasteiger partial charge in [0.1, 0.15) is 5.75 Å². The Kier molecular flexibility index (Phi) is 3.62. The van der Waals surface area contributed by atoms with Gasteiger partial charge in [-0.05, 0) is 33.6 Å². The number of pyridine rings is 2. The Labute approximate surface area is 124 Å². The van der Waals surface area contributed by atoms with Crippen LogP contribution in [-0.2, 0) is 6.54 Å². The number of nitrogens with zero attached hydrogens (tertiary/aromatic N) is 2. The third-order valence-electron chi connectivity index (χ3n) is 2.90. The number of para-hydroxylation sites is 1. The molecule has 3 rings (SSSR count). The molecule has 0 atom stereocenters. The molecule has 0 radical (unpaired) electrons. The zero-order valence-electron chi connectivity index (χ0n) is 10.6. The summed E-state index contributed by atoms with van der Waals surface area (Å²) in [6.45, 7) is 0.441. The molecule has 3 aromatic rings. The van der Waals surface area contributed by atoms with Gasteiger partial charge in [0.15, 0.2) is 0 Å². The Morgan fingerprint density at radius 2 is 2.00 bits per heavy atom. The molecule has 100 valence electrons. The maximum Gasteiger partial charge on any atom is 0.220 e. The standard InChI is InChI=1S/C15H12BrN3O/c16-11-6-12(9-18-8-11)20-15-5-10(7-17)13-3-1-2-4-14(13)19-15/h1-6,8-9H,7,17H2. The van der Waals surface area contributed by atoms with Crippen molar-refractivity contribution in [2.24, 2.45) is 5.73 Å². The lowest BCUT2D eigenvalue weighted by Gasteiger charge is -2.09. The highest BCUT2D eigenvalue weighted by atomic mass is 79.9. The molecular formula is C15H12BrN3O. The quantitative estimate of drug-likeness (QED) is 0.796. The molecule has 5 heteroatoms. The van der Waals surface area contributed by atoms with Crippen molar-refractivity contribution in [2.75, 3.05) is 0 Å². The van der Waals surface area contributed by atoms with Crippen LogP contribution in [0, 0.1) is 0 Å². The number of aromatic nitrogens is 2. The van der Waals surface area contributed by atoms with Crippen molar-refractivity contribution in [2.45, 2.75) is 6.54 Å². The monoisotopic (exact) mass is 329 g/mol. The Hall–Kier alpha value is -1.98. The normalized spacial score (nSPS) is 10.7. The fourth-order valence-electron chi connectivity index (χ4n) is 2.01. The van der Waals surface area contributed by atoms with Crippen LogP contribution in [0.5, 0.6) is 11.6 Å². The Morgan fingerprint density at radius 1 is 1.15 bits per heavy atom. The average molecular weight is 330 g/mol. The number of halogens is 1. The van der Waals surface area contributed by atoms with Crippen LogP contribution in [0.15, 0.2) is 53.3 Å². The largest absolute Gasteiger partial charge is 0.437 e. The zero-order chi connectivity index (χ0) is 13.9. The fraction of sp³-hybridized carbons (Fsp3) is 0.0667. The number of benzene rings is 1. The van der Waals surface area contributed by atoms with Gasteiger partial charge in [0.05, 0.1) is 11.7 Å². The number of hydrogen-bond acceptors (Lipinski definition) is 4. The SMILES string of the molecule is NCc1cc(Oc2cncc(Br)c2)nc2ccccc12. The number of fused-ring (bicyclic) bond motifs is 1. The lowest BCUT2D eigenvalue weighted by Crippen LogP contribution is -2.00. The highest BCUT2D eigenvalue weighted by molar-refractivity contribution is 9.10. The summed E-state index contributed by atoms with van der Waals surface area (Å²) >= 11 is 3.36. The van der Waals surface area contributed by atoms with Crippen molar-refractivity contribution in [3.8, 4) is 11.6 Å². The van der Waals surface area contributed by atoms with Crippen molar-refractivity contribution in [1.82, 2.24) is 9.97 Å². The van der Waals surface area contributed by atoms with Crippen LogP contribution in [0.25, 0.3) is 10.9 Å². The summed E-state index contributed by atoms with van der Waals surface area (Å²) in [5.74, 6) is 1.15. The molecule has 0 saturated heterocycles. The molecule has 0 amide bonds. The third kappa shape index (κ3) is 2.64. The lowest BCUT2D eigenvalue weighted by molar-refractivity contribution is 0.462. The van der Waals surface area contributed by atoms with Crippen LogP contribution < -0.4 is 10.5 Å². The van der Waals surface area contributed by atoms with Gasteiger partial charge in [-0.1, -0.05) is 18.2 Å². The summed E-state index contributed by atoms with van der Waals surface area (Å²) in [5.41, 5.74) is 7.68. The van der Waals surface area contributed by atoms with E-state index in [1.54, 1.807) is 12.4 Å². The smallest absolute Gasteiger partial charge is 0.220 e. The molecule has 2 aromatic heterocycles. The molecule has 0 aliphatic heterocycles. The number of rotatable bonds is 3. The molecule has 0 bridgehead atoms. The van der Waals surface area contributed by atoms with E-state index < -0.39 is 0 Å². The van der Waals surface area contributed by atoms with Gasteiger partial charge < -0.3 is 10.5 Å². The first-order valence-corrected chi connectivity index (χ1v) is 6.93. The number of nitrogens with two attached hydrogens (primary N) is 1. The molecule has 1 aromatic carbocycles. The Morgan fingerprint density at radius 3 is 2.80 bits per heavy atom. The summed E-state index contributed by atoms with van der Waals surface area (Å²) in [5, 5.41) is 1.05. The zero-order valence-corrected chi connectivity index (χ0v) is 12.2. The Balaban J connectivity index is 2.03. The predicted octanol–water partition coefficient (Wildman–Crippen LogP) is 3.64. The second-order valence-electron chi connectivity index (χ2n) is 4.28. The summed E-state index contributed by atoms with van der Waals surface area (Å²) in [4.78, 5) is 8.55. The number of ether oxygens (including phenoxy) is 1. The molecule has 0 spiro atoms. The van der Waals surface area contributed by atoms with Gasteiger partial charge in [-0.3, -0.25) is 4.98 Å². The van der Waals surface area contributed by atoms with Crippen LogP contribution in [0.2, 0.25) is 0 Å². The van der Waals surface area contributed by atoms with Crippen molar-refractivity contribution >= 4 is 26.8 Å². The summed E-state index contributed by atoms with van der Waals surface area (Å²) < 4.78 is 6.61. The minimum absolute atomic E-state index is 0.441. The minimum atomic E-state index is 0.441. The molecule has 0 saturated carbocycles. The van der Waals surface area contributed by atoms with Crippen molar-refractivity contribution < 1.29 is 4.74 Å². The van der Waals surface area contributed by atoms with Crippen LogP contribution in [-0.4, -0.2) is 9.97 Å². The van der Waals surface area contributed by atoms with Crippen LogP contribution >= 0.6 is 15.9 Å². The van der Waals surface area contributed by atoms with Gasteiger partial charge in [-0.15, -0.1) is 0 Å². The molecule has 2 N–H and O–H groups in total. The van der Waals surface area contributed by atoms with Crippen molar-refractivity contribution in [3.05, 3.63) is 58.8 Å². The van der Waals surface area contributed by atoms with Gasteiger partial charge in [-0.2, -0.15) is 0 Å². The van der Waals surface area contributed by atoms with E-state index in [0.717, 1.165) is 20.9 Å². The third-order valence-corrected chi connectivity index (χ3v) is 3.33. The van der Waals surface area contributed by atoms with E-state index in [9.17, 15) is 0 Å². The van der Waals surface area contributed by atoms with E-state index in [1.807, 2.05) is 36.4 Å². The maximum absolute atomic E-state index is 5.80. The molecule has 0 aliphatic rings. The first-order valence-electron chi connectivity index (χ1n) is 6.13. The van der Waals surface area contributed by atoms with E-state index in [2.05, 4.69) is 25.9 Å². The first-order chi connectivity index (χ1) is 9.76. The molecule has 0 fully saturated rings. The van der Waals surface area contributed by atoms with E-state index in [1.165, 1.54) is 0 Å². The second kappa shape index (κ2) is 5.56. The topological polar surface area (TPSA) is 61.0 Å². The molecular weight excluding hydrogens is 318 g/mol. The maximum atomic E-state index is 5.80. The van der Waals surface area contributed by atoms with Crippen molar-refractivity contribution in [1.29, 1.82) is 0 Å². The molecule has 4 nitrogen and oxygen atoms in total. The second-order valence-corrected chi connectivity index (χ2v) is 5.20. The van der Waals surface area contributed by atoms with E-state index in [-0.39, 0.29) is 0 Å². The predicted molar refractivity (Wildman–Crippen MR) is 81.6 cm³/mol. The lowest BCUT2D eigenvalue weighted by atomic mass is 10.1. The van der Waals surface area contributed by atoms with Gasteiger partial charge in [-0.25, -0.2) is 4.98 Å².